The number of nitrogens with zero attached hydrogens (tertiary/aromatic N) is 2. The van der Waals surface area contributed by atoms with E-state index in [1.165, 1.54) is 19.6 Å². The molecule has 0 radical (unpaired) electrons. The number of esters is 1. The number of anilines is 1. The Morgan fingerprint density at radius 1 is 1.25 bits per heavy atom. The van der Waals surface area contributed by atoms with Crippen LogP contribution >= 0.6 is 0 Å². The fraction of sp³-hybridized carbons (Fsp3) is 0.182. The summed E-state index contributed by atoms with van der Waals surface area (Å²) in [6, 6.07) is 4.18. The minimum atomic E-state index is -2.60. The van der Waals surface area contributed by atoms with E-state index in [1.807, 2.05) is 6.92 Å². The molecule has 9 nitrogen and oxygen atoms in total. The van der Waals surface area contributed by atoms with Gasteiger partial charge in [-0.25, -0.2) is 9.78 Å². The first-order chi connectivity index (χ1) is 15.4. The monoisotopic (exact) mass is 453 g/mol. The van der Waals surface area contributed by atoms with E-state index in [4.69, 9.17) is 13.7 Å². The molecule has 32 heavy (non-hydrogen) atoms. The zero-order chi connectivity index (χ0) is 22.8. The molecule has 164 valence electrons. The van der Waals surface area contributed by atoms with E-state index < -0.39 is 22.3 Å². The molecule has 0 bridgehead atoms. The Labute approximate surface area is 184 Å². The molecule has 0 saturated carbocycles. The first kappa shape index (κ1) is 21.3. The molecule has 0 spiro atoms. The summed E-state index contributed by atoms with van der Waals surface area (Å²) in [6.07, 6.45) is 7.95. The van der Waals surface area contributed by atoms with Crippen molar-refractivity contribution in [2.75, 3.05) is 12.4 Å². The molecule has 2 heterocycles. The lowest BCUT2D eigenvalue weighted by molar-refractivity contribution is 0.0600. The summed E-state index contributed by atoms with van der Waals surface area (Å²) in [5.74, 6) is 0.0754. The molecule has 1 atom stereocenters. The van der Waals surface area contributed by atoms with E-state index in [-0.39, 0.29) is 10.4 Å². The summed E-state index contributed by atoms with van der Waals surface area (Å²) >= 11 is 0. The Morgan fingerprint density at radius 3 is 2.69 bits per heavy atom. The lowest BCUT2D eigenvalue weighted by atomic mass is 9.90. The Morgan fingerprint density at radius 2 is 2.06 bits per heavy atom. The van der Waals surface area contributed by atoms with Crippen LogP contribution < -0.4 is 5.32 Å². The van der Waals surface area contributed by atoms with Crippen molar-refractivity contribution in [2.24, 2.45) is 0 Å². The van der Waals surface area contributed by atoms with Crippen molar-refractivity contribution < 1.29 is 26.9 Å². The van der Waals surface area contributed by atoms with Gasteiger partial charge < -0.3 is 19.0 Å². The minimum Gasteiger partial charge on any atom is -0.465 e. The number of benzene rings is 1. The fourth-order valence-electron chi connectivity index (χ4n) is 3.38. The van der Waals surface area contributed by atoms with Crippen LogP contribution in [0.25, 0.3) is 17.0 Å². The molecule has 1 aliphatic carbocycles. The highest BCUT2D eigenvalue weighted by molar-refractivity contribution is 7.74. The largest absolute Gasteiger partial charge is 0.465 e. The average molecular weight is 453 g/mol. The van der Waals surface area contributed by atoms with Gasteiger partial charge in [-0.05, 0) is 31.5 Å². The molecular formula is C22H19N3O6S. The first-order valence-corrected chi connectivity index (χ1v) is 10.6. The number of carbonyl (C=O) groups is 1. The van der Waals surface area contributed by atoms with Crippen molar-refractivity contribution in [1.29, 1.82) is 0 Å². The van der Waals surface area contributed by atoms with Gasteiger partial charge in [0.25, 0.3) is 0 Å². The third kappa shape index (κ3) is 3.87. The lowest BCUT2D eigenvalue weighted by Gasteiger charge is -2.22. The van der Waals surface area contributed by atoms with Gasteiger partial charge in [-0.1, -0.05) is 29.5 Å². The van der Waals surface area contributed by atoms with Gasteiger partial charge in [0.15, 0.2) is 0 Å². The second-order valence-electron chi connectivity index (χ2n) is 7.00. The van der Waals surface area contributed by atoms with Crippen molar-refractivity contribution in [3.8, 4) is 11.5 Å². The van der Waals surface area contributed by atoms with Crippen LogP contribution in [0.2, 0.25) is 0 Å². The quantitative estimate of drug-likeness (QED) is 0.458. The van der Waals surface area contributed by atoms with Gasteiger partial charge in [-0.2, -0.15) is 8.42 Å². The summed E-state index contributed by atoms with van der Waals surface area (Å²) in [5, 5.41) is 6.97. The third-order valence-electron chi connectivity index (χ3n) is 5.13. The molecule has 1 N–H and O–H groups in total. The number of hydrogen-bond acceptors (Lipinski definition) is 9. The third-order valence-corrected chi connectivity index (χ3v) is 5.96. The first-order valence-electron chi connectivity index (χ1n) is 9.57. The predicted octanol–water partition coefficient (Wildman–Crippen LogP) is 3.22. The molecule has 0 aliphatic heterocycles. The van der Waals surface area contributed by atoms with Crippen LogP contribution in [0.4, 0.5) is 5.88 Å². The van der Waals surface area contributed by atoms with Crippen LogP contribution in [0.15, 0.2) is 57.8 Å². The smallest absolute Gasteiger partial charge is 0.338 e. The molecule has 1 aromatic carbocycles. The number of oxazole rings is 1. The van der Waals surface area contributed by atoms with Gasteiger partial charge in [0.1, 0.15) is 11.1 Å². The number of ether oxygens (including phenoxy) is 1. The molecule has 3 aromatic rings. The number of nitrogens with one attached hydrogen (secondary N) is 1. The maximum atomic E-state index is 12.6. The number of carbonyl (C=O) groups excluding carboxylic acids is 1. The summed E-state index contributed by atoms with van der Waals surface area (Å²) in [4.78, 5) is 16.7. The Kier molecular flexibility index (Phi) is 5.78. The highest BCUT2D eigenvalue weighted by atomic mass is 32.2. The normalized spacial score (nSPS) is 15.4. The summed E-state index contributed by atoms with van der Waals surface area (Å²) in [6.45, 7) is 3.61. The average Bonchev–Trinajstić information content (AvgIpc) is 3.44. The van der Waals surface area contributed by atoms with E-state index >= 15 is 0 Å². The molecule has 0 saturated heterocycles. The molecule has 0 fully saturated rings. The van der Waals surface area contributed by atoms with Gasteiger partial charge in [-0.15, -0.1) is 0 Å². The van der Waals surface area contributed by atoms with Crippen molar-refractivity contribution in [1.82, 2.24) is 10.1 Å². The molecule has 1 unspecified atom stereocenters. The van der Waals surface area contributed by atoms with Crippen molar-refractivity contribution in [3.63, 3.8) is 0 Å². The van der Waals surface area contributed by atoms with Crippen molar-refractivity contribution in [2.45, 2.75) is 19.9 Å². The number of aromatic nitrogens is 2. The SMILES string of the molecule is COC(=O)c1cc(-c2ncco2)ccc1C1=CC=CC(Nc2onc(C)c2C)C1=S(=O)=O. The Balaban J connectivity index is 1.80. The molecule has 1 aliphatic rings. The minimum absolute atomic E-state index is 0.0509. The van der Waals surface area contributed by atoms with Crippen LogP contribution in [0.5, 0.6) is 0 Å². The molecule has 0 amide bonds. The Hall–Kier alpha value is -3.92. The number of hydrogen-bond donors (Lipinski definition) is 1. The number of aryl methyl sites for hydroxylation is 1. The topological polar surface area (TPSA) is 125 Å². The molecule has 4 rings (SSSR count). The summed E-state index contributed by atoms with van der Waals surface area (Å²) in [7, 11) is -1.35. The van der Waals surface area contributed by atoms with Crippen LogP contribution in [-0.4, -0.2) is 42.5 Å². The second-order valence-corrected chi connectivity index (χ2v) is 7.91. The predicted molar refractivity (Wildman–Crippen MR) is 118 cm³/mol. The maximum Gasteiger partial charge on any atom is 0.338 e. The number of allylic oxidation sites excluding steroid dienone is 2. The van der Waals surface area contributed by atoms with Gasteiger partial charge in [0.2, 0.25) is 22.1 Å². The zero-order valence-electron chi connectivity index (χ0n) is 17.4. The lowest BCUT2D eigenvalue weighted by Crippen LogP contribution is -2.31. The van der Waals surface area contributed by atoms with Crippen LogP contribution in [0, 0.1) is 13.8 Å². The van der Waals surface area contributed by atoms with Crippen LogP contribution in [0.1, 0.15) is 27.2 Å². The zero-order valence-corrected chi connectivity index (χ0v) is 18.3. The van der Waals surface area contributed by atoms with E-state index in [9.17, 15) is 13.2 Å². The van der Waals surface area contributed by atoms with E-state index in [0.29, 0.717) is 34.2 Å². The summed E-state index contributed by atoms with van der Waals surface area (Å²) in [5.41, 5.74) is 2.95. The van der Waals surface area contributed by atoms with E-state index in [2.05, 4.69) is 15.5 Å². The van der Waals surface area contributed by atoms with Crippen molar-refractivity contribution in [3.05, 3.63) is 71.3 Å². The standard InChI is InChI=1S/C22H19N3O6S/c1-12-13(2)25-31-20(12)24-18-6-4-5-16(19(18)32(27)28)15-8-7-14(21-23-9-10-30-21)11-17(15)22(26)29-3/h4-11,18,24H,1-3H3. The highest BCUT2D eigenvalue weighted by Gasteiger charge is 2.28. The maximum absolute atomic E-state index is 12.6. The van der Waals surface area contributed by atoms with E-state index in [0.717, 1.165) is 5.56 Å². The second kappa shape index (κ2) is 8.67. The fourth-order valence-corrected chi connectivity index (χ4v) is 4.08. The highest BCUT2D eigenvalue weighted by Crippen LogP contribution is 2.30. The summed E-state index contributed by atoms with van der Waals surface area (Å²) < 4.78 is 40.1. The van der Waals surface area contributed by atoms with Crippen LogP contribution in [-0.2, 0) is 15.0 Å². The molecule has 10 heteroatoms. The van der Waals surface area contributed by atoms with Gasteiger partial charge in [-0.3, -0.25) is 0 Å². The number of methoxy groups -OCH3 is 1. The van der Waals surface area contributed by atoms with Gasteiger partial charge in [0, 0.05) is 16.7 Å². The molecule has 2 aromatic heterocycles. The van der Waals surface area contributed by atoms with E-state index in [1.54, 1.807) is 43.4 Å². The van der Waals surface area contributed by atoms with Gasteiger partial charge in [0.05, 0.1) is 30.6 Å². The van der Waals surface area contributed by atoms with Crippen molar-refractivity contribution >= 4 is 32.6 Å². The number of rotatable bonds is 5. The van der Waals surface area contributed by atoms with Gasteiger partial charge >= 0.3 is 5.97 Å². The Bertz CT molecular complexity index is 1370. The van der Waals surface area contributed by atoms with Crippen LogP contribution in [0.3, 0.4) is 0 Å². The molecular weight excluding hydrogens is 434 g/mol.